The highest BCUT2D eigenvalue weighted by Crippen LogP contribution is 1.57. The van der Waals surface area contributed by atoms with Crippen molar-refractivity contribution in [2.24, 2.45) is 0 Å². The summed E-state index contributed by atoms with van der Waals surface area (Å²) in [7, 11) is 0. The molecule has 12 heavy (non-hydrogen) atoms. The van der Waals surface area contributed by atoms with E-state index in [-0.39, 0.29) is 0 Å². The summed E-state index contributed by atoms with van der Waals surface area (Å²) in [6.45, 7) is 20.0. The van der Waals surface area contributed by atoms with Crippen LogP contribution in [0.2, 0.25) is 0 Å². The lowest BCUT2D eigenvalue weighted by Crippen LogP contribution is -1.26. The van der Waals surface area contributed by atoms with Gasteiger partial charge in [0.05, 0.1) is 0 Å². The van der Waals surface area contributed by atoms with Crippen LogP contribution < -0.4 is 0 Å². The van der Waals surface area contributed by atoms with Crippen molar-refractivity contribution in [3.05, 3.63) is 50.6 Å². The fourth-order valence-corrected chi connectivity index (χ4v) is 0. The van der Waals surface area contributed by atoms with Crippen LogP contribution in [0.4, 0.5) is 0 Å². The van der Waals surface area contributed by atoms with Gasteiger partial charge in [-0.25, -0.2) is 0 Å². The van der Waals surface area contributed by atoms with E-state index in [1.165, 1.54) is 0 Å². The van der Waals surface area contributed by atoms with Crippen LogP contribution in [0.3, 0.4) is 0 Å². The maximum absolute atomic E-state index is 3.00. The van der Waals surface area contributed by atoms with Crippen LogP contribution in [-0.2, 0) is 0 Å². The van der Waals surface area contributed by atoms with Crippen molar-refractivity contribution in [3.63, 3.8) is 0 Å². The number of rotatable bonds is 0. The fourth-order valence-electron chi connectivity index (χ4n) is 0. The van der Waals surface area contributed by atoms with Crippen LogP contribution in [0.15, 0.2) is 50.6 Å². The standard InChI is InChI=1S/2C4H8.2C2H4/c2*1-3-4-2;2*1-2/h2*3-4H,1-2H3;2*1-2H2/b4-3+;4-3-;;. The van der Waals surface area contributed by atoms with E-state index in [4.69, 9.17) is 0 Å². The topological polar surface area (TPSA) is 0 Å². The molecule has 0 saturated heterocycles. The second kappa shape index (κ2) is 91.3. The lowest BCUT2D eigenvalue weighted by Gasteiger charge is -1.49. The lowest BCUT2D eigenvalue weighted by molar-refractivity contribution is 1.64. The minimum absolute atomic E-state index is 2.00. The number of hydrogen-bond donors (Lipinski definition) is 0. The molecule has 0 N–H and O–H groups in total. The molecule has 0 spiro atoms. The third-order valence-corrected chi connectivity index (χ3v) is 0.667. The van der Waals surface area contributed by atoms with E-state index < -0.39 is 0 Å². The Morgan fingerprint density at radius 3 is 0.583 bits per heavy atom. The average molecular weight is 168 g/mol. The molecule has 0 saturated carbocycles. The third kappa shape index (κ3) is 616. The van der Waals surface area contributed by atoms with E-state index in [0.717, 1.165) is 0 Å². The van der Waals surface area contributed by atoms with Gasteiger partial charge in [0, 0.05) is 0 Å². The predicted octanol–water partition coefficient (Wildman–Crippen LogP) is 4.77. The number of allylic oxidation sites excluding steroid dienone is 4. The van der Waals surface area contributed by atoms with Gasteiger partial charge in [-0.3, -0.25) is 0 Å². The zero-order valence-corrected chi connectivity index (χ0v) is 9.14. The molecule has 0 radical (unpaired) electrons. The highest BCUT2D eigenvalue weighted by Gasteiger charge is 1.34. The molecule has 0 aliphatic rings. The van der Waals surface area contributed by atoms with Gasteiger partial charge in [0.15, 0.2) is 0 Å². The number of hydrogen-bond acceptors (Lipinski definition) is 0. The molecule has 72 valence electrons. The fraction of sp³-hybridized carbons (Fsp3) is 0.333. The van der Waals surface area contributed by atoms with E-state index in [2.05, 4.69) is 26.3 Å². The molecule has 0 rings (SSSR count). The van der Waals surface area contributed by atoms with Gasteiger partial charge in [0.1, 0.15) is 0 Å². The molecule has 0 atom stereocenters. The van der Waals surface area contributed by atoms with Crippen molar-refractivity contribution >= 4 is 0 Å². The Bertz CT molecular complexity index is 58.0. The van der Waals surface area contributed by atoms with Crippen molar-refractivity contribution < 1.29 is 0 Å². The molecular weight excluding hydrogens is 144 g/mol. The van der Waals surface area contributed by atoms with Crippen LogP contribution in [-0.4, -0.2) is 0 Å². The molecule has 0 nitrogen and oxygen atoms in total. The van der Waals surface area contributed by atoms with E-state index >= 15 is 0 Å². The summed E-state index contributed by atoms with van der Waals surface area (Å²) in [6.07, 6.45) is 8.00. The van der Waals surface area contributed by atoms with E-state index in [9.17, 15) is 0 Å². The van der Waals surface area contributed by atoms with Gasteiger partial charge in [-0.15, -0.1) is 26.3 Å². The molecule has 0 heterocycles. The van der Waals surface area contributed by atoms with Crippen LogP contribution in [0.5, 0.6) is 0 Å². The van der Waals surface area contributed by atoms with E-state index in [1.807, 2.05) is 52.0 Å². The molecule has 0 unspecified atom stereocenters. The Morgan fingerprint density at radius 2 is 0.583 bits per heavy atom. The highest BCUT2D eigenvalue weighted by molar-refractivity contribution is 4.68. The lowest BCUT2D eigenvalue weighted by atomic mass is 10.6. The van der Waals surface area contributed by atoms with Gasteiger partial charge in [-0.1, -0.05) is 24.3 Å². The summed E-state index contributed by atoms with van der Waals surface area (Å²) in [5, 5.41) is 0. The summed E-state index contributed by atoms with van der Waals surface area (Å²) < 4.78 is 0. The Balaban J connectivity index is -0.0000000380. The molecule has 0 aliphatic heterocycles. The van der Waals surface area contributed by atoms with Gasteiger partial charge in [-0.05, 0) is 27.7 Å². The first-order chi connectivity index (χ1) is 5.83. The van der Waals surface area contributed by atoms with Gasteiger partial charge in [0.25, 0.3) is 0 Å². The predicted molar refractivity (Wildman–Crippen MR) is 63.5 cm³/mol. The van der Waals surface area contributed by atoms with Gasteiger partial charge in [-0.2, -0.15) is 0 Å². The molecular formula is C12H24. The minimum atomic E-state index is 2.00. The van der Waals surface area contributed by atoms with Crippen LogP contribution >= 0.6 is 0 Å². The van der Waals surface area contributed by atoms with Crippen LogP contribution in [0.1, 0.15) is 27.7 Å². The molecule has 0 heteroatoms. The van der Waals surface area contributed by atoms with Crippen molar-refractivity contribution in [1.82, 2.24) is 0 Å². The van der Waals surface area contributed by atoms with Gasteiger partial charge in [0.2, 0.25) is 0 Å². The second-order valence-corrected chi connectivity index (χ2v) is 1.33. The zero-order valence-electron chi connectivity index (χ0n) is 9.14. The zero-order chi connectivity index (χ0) is 10.8. The molecule has 0 amide bonds. The van der Waals surface area contributed by atoms with Gasteiger partial charge < -0.3 is 0 Å². The molecule has 0 aliphatic carbocycles. The first kappa shape index (κ1) is 22.4. The van der Waals surface area contributed by atoms with Crippen molar-refractivity contribution in [3.8, 4) is 0 Å². The molecule has 0 aromatic heterocycles. The molecule has 0 aromatic carbocycles. The summed E-state index contributed by atoms with van der Waals surface area (Å²) in [5.41, 5.74) is 0. The Labute approximate surface area is 79.0 Å². The minimum Gasteiger partial charge on any atom is -0.106 e. The Kier molecular flexibility index (Phi) is 171. The Hall–Kier alpha value is -1.04. The van der Waals surface area contributed by atoms with Crippen molar-refractivity contribution in [2.45, 2.75) is 27.7 Å². The largest absolute Gasteiger partial charge is 0.106 e. The van der Waals surface area contributed by atoms with Gasteiger partial charge >= 0.3 is 0 Å². The summed E-state index contributed by atoms with van der Waals surface area (Å²) >= 11 is 0. The van der Waals surface area contributed by atoms with E-state index in [1.54, 1.807) is 0 Å². The molecule has 0 bridgehead atoms. The summed E-state index contributed by atoms with van der Waals surface area (Å²) in [6, 6.07) is 0. The summed E-state index contributed by atoms with van der Waals surface area (Å²) in [4.78, 5) is 0. The maximum atomic E-state index is 3.00. The highest BCUT2D eigenvalue weighted by atomic mass is 13.4. The van der Waals surface area contributed by atoms with Crippen LogP contribution in [0, 0.1) is 0 Å². The van der Waals surface area contributed by atoms with E-state index in [0.29, 0.717) is 0 Å². The summed E-state index contributed by atoms with van der Waals surface area (Å²) in [5.74, 6) is 0. The second-order valence-electron chi connectivity index (χ2n) is 1.33. The average Bonchev–Trinajstić information content (AvgIpc) is 2.23. The SMILES string of the molecule is C/C=C/C.C/C=C\C.C=C.C=C. The molecule has 0 aromatic rings. The first-order valence-electron chi connectivity index (χ1n) is 3.98. The Morgan fingerprint density at radius 1 is 0.500 bits per heavy atom. The maximum Gasteiger partial charge on any atom is -0.0470 e. The quantitative estimate of drug-likeness (QED) is 0.457. The first-order valence-corrected chi connectivity index (χ1v) is 3.98. The monoisotopic (exact) mass is 168 g/mol. The van der Waals surface area contributed by atoms with Crippen LogP contribution in [0.25, 0.3) is 0 Å². The normalized spacial score (nSPS) is 7.00. The molecule has 0 fully saturated rings. The third-order valence-electron chi connectivity index (χ3n) is 0.667. The van der Waals surface area contributed by atoms with Crippen molar-refractivity contribution in [1.29, 1.82) is 0 Å². The smallest absolute Gasteiger partial charge is 0.0470 e. The van der Waals surface area contributed by atoms with Crippen molar-refractivity contribution in [2.75, 3.05) is 0 Å².